The van der Waals surface area contributed by atoms with E-state index in [2.05, 4.69) is 4.74 Å². The summed E-state index contributed by atoms with van der Waals surface area (Å²) >= 11 is 0. The van der Waals surface area contributed by atoms with Crippen LogP contribution in [0.2, 0.25) is 0 Å². The van der Waals surface area contributed by atoms with Crippen LogP contribution in [0.3, 0.4) is 0 Å². The number of hydrogen-bond donors (Lipinski definition) is 1. The average Bonchev–Trinajstić information content (AvgIpc) is 2.27. The molecule has 0 radical (unpaired) electrons. The number of sulfonamides is 1. The molecule has 0 unspecified atom stereocenters. The molecule has 108 valence electrons. The third kappa shape index (κ3) is 4.37. The van der Waals surface area contributed by atoms with Crippen molar-refractivity contribution in [3.8, 4) is 5.75 Å². The van der Waals surface area contributed by atoms with E-state index in [1.54, 1.807) is 0 Å². The maximum absolute atomic E-state index is 12.0. The van der Waals surface area contributed by atoms with Crippen LogP contribution < -0.4 is 4.74 Å². The van der Waals surface area contributed by atoms with Gasteiger partial charge < -0.3 is 9.84 Å². The van der Waals surface area contributed by atoms with Crippen LogP contribution in [0.25, 0.3) is 0 Å². The molecule has 1 aromatic rings. The Morgan fingerprint density at radius 2 is 2.00 bits per heavy atom. The predicted molar refractivity (Wildman–Crippen MR) is 60.0 cm³/mol. The molecule has 0 saturated carbocycles. The van der Waals surface area contributed by atoms with Crippen LogP contribution in [0, 0.1) is 0 Å². The van der Waals surface area contributed by atoms with Gasteiger partial charge in [0.05, 0.1) is 11.5 Å². The number of ether oxygens (including phenoxy) is 1. The second-order valence-corrected chi connectivity index (χ2v) is 5.62. The predicted octanol–water partition coefficient (Wildman–Crippen LogP) is 1.20. The minimum atomic E-state index is -4.89. The molecule has 0 saturated heterocycles. The van der Waals surface area contributed by atoms with Crippen LogP contribution in [-0.2, 0) is 10.0 Å². The van der Waals surface area contributed by atoms with Gasteiger partial charge in [0.2, 0.25) is 10.0 Å². The molecule has 5 nitrogen and oxygen atoms in total. The van der Waals surface area contributed by atoms with Gasteiger partial charge >= 0.3 is 6.36 Å². The first-order valence-corrected chi connectivity index (χ1v) is 6.54. The van der Waals surface area contributed by atoms with Crippen LogP contribution in [0.4, 0.5) is 13.2 Å². The van der Waals surface area contributed by atoms with Gasteiger partial charge in [-0.05, 0) is 12.1 Å². The zero-order valence-corrected chi connectivity index (χ0v) is 10.7. The SMILES string of the molecule is CN(CCO)S(=O)(=O)c1cccc(OC(F)(F)F)c1. The first-order chi connectivity index (χ1) is 8.66. The summed E-state index contributed by atoms with van der Waals surface area (Å²) in [6.07, 6.45) is -4.89. The van der Waals surface area contributed by atoms with Gasteiger partial charge in [0.1, 0.15) is 5.75 Å². The van der Waals surface area contributed by atoms with Crippen molar-refractivity contribution in [1.29, 1.82) is 0 Å². The number of hydrogen-bond acceptors (Lipinski definition) is 4. The zero-order chi connectivity index (χ0) is 14.7. The Morgan fingerprint density at radius 3 is 2.53 bits per heavy atom. The van der Waals surface area contributed by atoms with E-state index in [9.17, 15) is 21.6 Å². The minimum Gasteiger partial charge on any atom is -0.406 e. The Labute approximate surface area is 108 Å². The van der Waals surface area contributed by atoms with Gasteiger partial charge in [-0.3, -0.25) is 0 Å². The molecule has 0 aromatic heterocycles. The zero-order valence-electron chi connectivity index (χ0n) is 9.88. The van der Waals surface area contributed by atoms with Crippen molar-refractivity contribution in [2.75, 3.05) is 20.2 Å². The Hall–Kier alpha value is -1.32. The van der Waals surface area contributed by atoms with E-state index in [1.807, 2.05) is 0 Å². The fraction of sp³-hybridized carbons (Fsp3) is 0.400. The quantitative estimate of drug-likeness (QED) is 0.887. The van der Waals surface area contributed by atoms with E-state index in [4.69, 9.17) is 5.11 Å². The van der Waals surface area contributed by atoms with Gasteiger partial charge in [0, 0.05) is 19.7 Å². The van der Waals surface area contributed by atoms with Gasteiger partial charge in [-0.25, -0.2) is 8.42 Å². The lowest BCUT2D eigenvalue weighted by Gasteiger charge is -2.16. The van der Waals surface area contributed by atoms with E-state index < -0.39 is 28.7 Å². The third-order valence-electron chi connectivity index (χ3n) is 2.16. The molecule has 1 N–H and O–H groups in total. The number of nitrogens with zero attached hydrogens (tertiary/aromatic N) is 1. The Morgan fingerprint density at radius 1 is 1.37 bits per heavy atom. The summed E-state index contributed by atoms with van der Waals surface area (Å²) in [6, 6.07) is 4.06. The molecule has 0 aliphatic carbocycles. The van der Waals surface area contributed by atoms with Gasteiger partial charge in [-0.2, -0.15) is 4.31 Å². The van der Waals surface area contributed by atoms with E-state index >= 15 is 0 Å². The number of rotatable bonds is 5. The molecule has 1 rings (SSSR count). The molecule has 0 aliphatic rings. The Bertz CT molecular complexity index is 530. The number of aliphatic hydroxyl groups is 1. The Balaban J connectivity index is 3.05. The second kappa shape index (κ2) is 5.76. The van der Waals surface area contributed by atoms with E-state index in [0.717, 1.165) is 28.6 Å². The van der Waals surface area contributed by atoms with Gasteiger partial charge in [0.25, 0.3) is 0 Å². The number of alkyl halides is 3. The fourth-order valence-electron chi connectivity index (χ4n) is 1.27. The van der Waals surface area contributed by atoms with Crippen molar-refractivity contribution in [2.45, 2.75) is 11.3 Å². The molecule has 0 heterocycles. The Kier molecular flexibility index (Phi) is 4.77. The lowest BCUT2D eigenvalue weighted by atomic mass is 10.3. The molecular weight excluding hydrogens is 287 g/mol. The molecule has 0 fully saturated rings. The summed E-state index contributed by atoms with van der Waals surface area (Å²) in [6.45, 7) is -0.554. The highest BCUT2D eigenvalue weighted by Crippen LogP contribution is 2.25. The summed E-state index contributed by atoms with van der Waals surface area (Å²) in [5.74, 6) is -0.619. The van der Waals surface area contributed by atoms with Crippen LogP contribution in [-0.4, -0.2) is 44.4 Å². The summed E-state index contributed by atoms with van der Waals surface area (Å²) in [5.41, 5.74) is 0. The first-order valence-electron chi connectivity index (χ1n) is 5.10. The smallest absolute Gasteiger partial charge is 0.406 e. The van der Waals surface area contributed by atoms with E-state index in [-0.39, 0.29) is 11.4 Å². The largest absolute Gasteiger partial charge is 0.573 e. The average molecular weight is 299 g/mol. The highest BCUT2D eigenvalue weighted by molar-refractivity contribution is 7.89. The van der Waals surface area contributed by atoms with E-state index in [1.165, 1.54) is 7.05 Å². The molecule has 1 aromatic carbocycles. The van der Waals surface area contributed by atoms with Crippen molar-refractivity contribution in [3.63, 3.8) is 0 Å². The molecule has 19 heavy (non-hydrogen) atoms. The first kappa shape index (κ1) is 15.7. The number of aliphatic hydroxyl groups excluding tert-OH is 1. The van der Waals surface area contributed by atoms with Crippen LogP contribution >= 0.6 is 0 Å². The standard InChI is InChI=1S/C10H12F3NO4S/c1-14(5-6-15)19(16,17)9-4-2-3-8(7-9)18-10(11,12)13/h2-4,7,15H,5-6H2,1H3. The summed E-state index contributed by atoms with van der Waals surface area (Å²) in [7, 11) is -2.74. The molecule has 0 amide bonds. The van der Waals surface area contributed by atoms with Crippen LogP contribution in [0.15, 0.2) is 29.2 Å². The molecule has 0 aliphatic heterocycles. The molecule has 0 spiro atoms. The van der Waals surface area contributed by atoms with Gasteiger partial charge in [-0.1, -0.05) is 6.07 Å². The number of likely N-dealkylation sites (N-methyl/N-ethyl adjacent to an activating group) is 1. The number of benzene rings is 1. The van der Waals surface area contributed by atoms with Crippen molar-refractivity contribution >= 4 is 10.0 Å². The van der Waals surface area contributed by atoms with Crippen molar-refractivity contribution in [2.24, 2.45) is 0 Å². The molecule has 9 heteroatoms. The lowest BCUT2D eigenvalue weighted by Crippen LogP contribution is -2.29. The van der Waals surface area contributed by atoms with Crippen molar-refractivity contribution in [3.05, 3.63) is 24.3 Å². The van der Waals surface area contributed by atoms with Crippen molar-refractivity contribution in [1.82, 2.24) is 4.31 Å². The second-order valence-electron chi connectivity index (χ2n) is 3.57. The molecular formula is C10H12F3NO4S. The van der Waals surface area contributed by atoms with Crippen molar-refractivity contribution < 1.29 is 31.4 Å². The monoisotopic (exact) mass is 299 g/mol. The maximum Gasteiger partial charge on any atom is 0.573 e. The maximum atomic E-state index is 12.0. The normalized spacial score (nSPS) is 12.7. The molecule has 0 bridgehead atoms. The lowest BCUT2D eigenvalue weighted by molar-refractivity contribution is -0.274. The molecule has 0 atom stereocenters. The summed E-state index contributed by atoms with van der Waals surface area (Å²) < 4.78 is 64.4. The van der Waals surface area contributed by atoms with Crippen LogP contribution in [0.5, 0.6) is 5.75 Å². The number of halogens is 3. The van der Waals surface area contributed by atoms with Crippen LogP contribution in [0.1, 0.15) is 0 Å². The third-order valence-corrected chi connectivity index (χ3v) is 4.02. The van der Waals surface area contributed by atoms with E-state index in [0.29, 0.717) is 0 Å². The summed E-state index contributed by atoms with van der Waals surface area (Å²) in [5, 5.41) is 8.67. The highest BCUT2D eigenvalue weighted by Gasteiger charge is 2.31. The summed E-state index contributed by atoms with van der Waals surface area (Å²) in [4.78, 5) is -0.342. The van der Waals surface area contributed by atoms with Gasteiger partial charge in [0.15, 0.2) is 0 Å². The topological polar surface area (TPSA) is 66.8 Å². The highest BCUT2D eigenvalue weighted by atomic mass is 32.2. The van der Waals surface area contributed by atoms with Gasteiger partial charge in [-0.15, -0.1) is 13.2 Å². The fourth-order valence-corrected chi connectivity index (χ4v) is 2.47. The minimum absolute atomic E-state index is 0.160.